The minimum absolute atomic E-state index is 0.504. The molecule has 1 aromatic heterocycles. The van der Waals surface area contributed by atoms with E-state index in [-0.39, 0.29) is 0 Å². The van der Waals surface area contributed by atoms with Crippen LogP contribution in [0.5, 0.6) is 0 Å². The van der Waals surface area contributed by atoms with Gasteiger partial charge in [-0.1, -0.05) is 11.6 Å². The molecule has 2 rings (SSSR count). The van der Waals surface area contributed by atoms with Gasteiger partial charge >= 0.3 is 0 Å². The minimum atomic E-state index is 0.504. The maximum atomic E-state index is 5.21. The fourth-order valence-electron chi connectivity index (χ4n) is 1.98. The van der Waals surface area contributed by atoms with E-state index in [4.69, 9.17) is 9.26 Å². The van der Waals surface area contributed by atoms with E-state index in [1.54, 1.807) is 7.11 Å². The molecule has 1 atom stereocenters. The standard InChI is InChI=1S/C11H19N3O2/c1-15-7-5-10-13-11(16-14-10)8-9-4-2-3-6-12-9/h9,12H,2-8H2,1H3/t9-/m0/s1. The number of piperidine rings is 1. The Morgan fingerprint density at radius 1 is 1.50 bits per heavy atom. The van der Waals surface area contributed by atoms with E-state index in [0.717, 1.165) is 31.1 Å². The van der Waals surface area contributed by atoms with Crippen molar-refractivity contribution in [1.82, 2.24) is 15.5 Å². The minimum Gasteiger partial charge on any atom is -0.384 e. The average molecular weight is 225 g/mol. The Hall–Kier alpha value is -0.940. The average Bonchev–Trinajstić information content (AvgIpc) is 2.75. The van der Waals surface area contributed by atoms with Crippen molar-refractivity contribution in [1.29, 1.82) is 0 Å². The first-order valence-electron chi connectivity index (χ1n) is 5.92. The van der Waals surface area contributed by atoms with Crippen LogP contribution in [-0.4, -0.2) is 36.4 Å². The molecule has 90 valence electrons. The second kappa shape index (κ2) is 5.96. The van der Waals surface area contributed by atoms with Crippen molar-refractivity contribution < 1.29 is 9.26 Å². The van der Waals surface area contributed by atoms with Crippen LogP contribution in [0, 0.1) is 0 Å². The quantitative estimate of drug-likeness (QED) is 0.808. The summed E-state index contributed by atoms with van der Waals surface area (Å²) in [5, 5.41) is 7.39. The van der Waals surface area contributed by atoms with Crippen molar-refractivity contribution in [3.05, 3.63) is 11.7 Å². The summed E-state index contributed by atoms with van der Waals surface area (Å²) in [6.07, 6.45) is 5.34. The van der Waals surface area contributed by atoms with Crippen LogP contribution in [0.4, 0.5) is 0 Å². The lowest BCUT2D eigenvalue weighted by Crippen LogP contribution is -2.35. The van der Waals surface area contributed by atoms with Gasteiger partial charge in [0.15, 0.2) is 5.82 Å². The Kier molecular flexibility index (Phi) is 4.30. The molecule has 5 heteroatoms. The Labute approximate surface area is 95.6 Å². The predicted octanol–water partition coefficient (Wildman–Crippen LogP) is 0.943. The molecule has 5 nitrogen and oxygen atoms in total. The van der Waals surface area contributed by atoms with Gasteiger partial charge in [-0.15, -0.1) is 0 Å². The molecule has 0 unspecified atom stereocenters. The van der Waals surface area contributed by atoms with E-state index in [2.05, 4.69) is 15.5 Å². The normalized spacial score (nSPS) is 21.2. The Bertz CT molecular complexity index is 308. The summed E-state index contributed by atoms with van der Waals surface area (Å²) in [5.41, 5.74) is 0. The van der Waals surface area contributed by atoms with Crippen molar-refractivity contribution >= 4 is 0 Å². The van der Waals surface area contributed by atoms with Crippen molar-refractivity contribution in [3.63, 3.8) is 0 Å². The molecule has 1 saturated heterocycles. The van der Waals surface area contributed by atoms with Gasteiger partial charge in [-0.3, -0.25) is 0 Å². The number of hydrogen-bond donors (Lipinski definition) is 1. The van der Waals surface area contributed by atoms with Crippen LogP contribution in [0.1, 0.15) is 31.0 Å². The SMILES string of the molecule is COCCc1noc(C[C@@H]2CCCCN2)n1. The van der Waals surface area contributed by atoms with Gasteiger partial charge in [-0.2, -0.15) is 4.98 Å². The zero-order valence-electron chi connectivity index (χ0n) is 9.74. The van der Waals surface area contributed by atoms with Gasteiger partial charge in [0.1, 0.15) is 0 Å². The maximum absolute atomic E-state index is 5.21. The second-order valence-corrected chi connectivity index (χ2v) is 4.20. The lowest BCUT2D eigenvalue weighted by Gasteiger charge is -2.21. The molecule has 1 aliphatic heterocycles. The van der Waals surface area contributed by atoms with Gasteiger partial charge in [0.05, 0.1) is 6.61 Å². The highest BCUT2D eigenvalue weighted by molar-refractivity contribution is 4.90. The summed E-state index contributed by atoms with van der Waals surface area (Å²) < 4.78 is 10.2. The summed E-state index contributed by atoms with van der Waals surface area (Å²) in [5.74, 6) is 1.48. The lowest BCUT2D eigenvalue weighted by molar-refractivity contribution is 0.199. The van der Waals surface area contributed by atoms with Crippen LogP contribution in [0.3, 0.4) is 0 Å². The molecule has 0 aromatic carbocycles. The fourth-order valence-corrected chi connectivity index (χ4v) is 1.98. The molecule has 0 aliphatic carbocycles. The van der Waals surface area contributed by atoms with Crippen LogP contribution < -0.4 is 5.32 Å². The number of nitrogens with zero attached hydrogens (tertiary/aromatic N) is 2. The van der Waals surface area contributed by atoms with Crippen molar-refractivity contribution in [2.45, 2.75) is 38.1 Å². The molecule has 1 fully saturated rings. The zero-order chi connectivity index (χ0) is 11.2. The topological polar surface area (TPSA) is 60.2 Å². The van der Waals surface area contributed by atoms with E-state index in [9.17, 15) is 0 Å². The van der Waals surface area contributed by atoms with E-state index in [1.165, 1.54) is 19.3 Å². The number of nitrogens with one attached hydrogen (secondary N) is 1. The molecule has 0 bridgehead atoms. The molecule has 0 radical (unpaired) electrons. The van der Waals surface area contributed by atoms with Gasteiger partial charge < -0.3 is 14.6 Å². The molecule has 16 heavy (non-hydrogen) atoms. The third-order valence-electron chi connectivity index (χ3n) is 2.87. The second-order valence-electron chi connectivity index (χ2n) is 4.20. The molecule has 1 aromatic rings. The lowest BCUT2D eigenvalue weighted by atomic mass is 10.0. The third-order valence-corrected chi connectivity index (χ3v) is 2.87. The largest absolute Gasteiger partial charge is 0.384 e. The monoisotopic (exact) mass is 225 g/mol. The molecule has 0 amide bonds. The van der Waals surface area contributed by atoms with Gasteiger partial charge in [-0.05, 0) is 19.4 Å². The maximum Gasteiger partial charge on any atom is 0.228 e. The van der Waals surface area contributed by atoms with Crippen molar-refractivity contribution in [2.75, 3.05) is 20.3 Å². The van der Waals surface area contributed by atoms with E-state index in [1.807, 2.05) is 0 Å². The highest BCUT2D eigenvalue weighted by Gasteiger charge is 2.16. The highest BCUT2D eigenvalue weighted by atomic mass is 16.5. The van der Waals surface area contributed by atoms with E-state index < -0.39 is 0 Å². The van der Waals surface area contributed by atoms with Gasteiger partial charge in [0.2, 0.25) is 5.89 Å². The molecular weight excluding hydrogens is 206 g/mol. The Balaban J connectivity index is 1.81. The number of hydrogen-bond acceptors (Lipinski definition) is 5. The summed E-state index contributed by atoms with van der Waals surface area (Å²) in [6.45, 7) is 1.75. The van der Waals surface area contributed by atoms with Crippen LogP contribution in [0.2, 0.25) is 0 Å². The Morgan fingerprint density at radius 2 is 2.44 bits per heavy atom. The van der Waals surface area contributed by atoms with Crippen LogP contribution >= 0.6 is 0 Å². The van der Waals surface area contributed by atoms with Gasteiger partial charge in [0, 0.05) is 26.0 Å². The van der Waals surface area contributed by atoms with Gasteiger partial charge in [0.25, 0.3) is 0 Å². The predicted molar refractivity (Wildman–Crippen MR) is 59.2 cm³/mol. The summed E-state index contributed by atoms with van der Waals surface area (Å²) >= 11 is 0. The van der Waals surface area contributed by atoms with Crippen LogP contribution in [0.15, 0.2) is 4.52 Å². The molecule has 1 N–H and O–H groups in total. The number of rotatable bonds is 5. The van der Waals surface area contributed by atoms with E-state index in [0.29, 0.717) is 12.6 Å². The third kappa shape index (κ3) is 3.28. The molecule has 2 heterocycles. The first-order chi connectivity index (χ1) is 7.88. The first-order valence-corrected chi connectivity index (χ1v) is 5.92. The molecule has 0 spiro atoms. The van der Waals surface area contributed by atoms with Gasteiger partial charge in [-0.25, -0.2) is 0 Å². The van der Waals surface area contributed by atoms with Crippen molar-refractivity contribution in [2.24, 2.45) is 0 Å². The first kappa shape index (κ1) is 11.5. The van der Waals surface area contributed by atoms with Crippen LogP contribution in [-0.2, 0) is 17.6 Å². The smallest absolute Gasteiger partial charge is 0.228 e. The molecule has 1 aliphatic rings. The Morgan fingerprint density at radius 3 is 3.19 bits per heavy atom. The highest BCUT2D eigenvalue weighted by Crippen LogP contribution is 2.11. The molecule has 0 saturated carbocycles. The summed E-state index contributed by atoms with van der Waals surface area (Å²) in [6, 6.07) is 0.504. The number of aromatic nitrogens is 2. The molecular formula is C11H19N3O2. The number of ether oxygens (including phenoxy) is 1. The van der Waals surface area contributed by atoms with Crippen LogP contribution in [0.25, 0.3) is 0 Å². The van der Waals surface area contributed by atoms with Crippen molar-refractivity contribution in [3.8, 4) is 0 Å². The summed E-state index contributed by atoms with van der Waals surface area (Å²) in [7, 11) is 1.67. The van der Waals surface area contributed by atoms with E-state index >= 15 is 0 Å². The number of methoxy groups -OCH3 is 1. The zero-order valence-corrected chi connectivity index (χ0v) is 9.74. The summed E-state index contributed by atoms with van der Waals surface area (Å²) in [4.78, 5) is 4.34. The fraction of sp³-hybridized carbons (Fsp3) is 0.818.